The molecule has 1 N–H and O–H groups in total. The van der Waals surface area contributed by atoms with Gasteiger partial charge in [-0.2, -0.15) is 0 Å². The molecule has 1 fully saturated rings. The number of rotatable bonds is 5. The Morgan fingerprint density at radius 2 is 1.89 bits per heavy atom. The van der Waals surface area contributed by atoms with E-state index in [1.807, 2.05) is 24.3 Å². The lowest BCUT2D eigenvalue weighted by Crippen LogP contribution is -2.40. The van der Waals surface area contributed by atoms with Crippen LogP contribution in [0.3, 0.4) is 0 Å². The third kappa shape index (κ3) is 3.20. The number of imide groups is 1. The molecule has 27 heavy (non-hydrogen) atoms. The molecule has 1 aromatic carbocycles. The quantitative estimate of drug-likeness (QED) is 0.645. The lowest BCUT2D eigenvalue weighted by molar-refractivity contribution is -0.131. The molecular formula is C20H22N2O5. The van der Waals surface area contributed by atoms with Gasteiger partial charge < -0.3 is 14.5 Å². The fourth-order valence-corrected chi connectivity index (χ4v) is 3.14. The number of urea groups is 1. The van der Waals surface area contributed by atoms with Gasteiger partial charge in [-0.15, -0.1) is 0 Å². The number of furan rings is 1. The first-order valence-corrected chi connectivity index (χ1v) is 8.67. The topological polar surface area (TPSA) is 88.8 Å². The van der Waals surface area contributed by atoms with Crippen molar-refractivity contribution in [2.24, 2.45) is 0 Å². The zero-order valence-electron chi connectivity index (χ0n) is 15.7. The van der Waals surface area contributed by atoms with Crippen LogP contribution in [0.1, 0.15) is 53.9 Å². The van der Waals surface area contributed by atoms with Crippen LogP contribution in [0.2, 0.25) is 0 Å². The van der Waals surface area contributed by atoms with Gasteiger partial charge in [-0.1, -0.05) is 38.1 Å². The van der Waals surface area contributed by atoms with Gasteiger partial charge >= 0.3 is 12.0 Å². The Labute approximate surface area is 157 Å². The maximum absolute atomic E-state index is 13.0. The summed E-state index contributed by atoms with van der Waals surface area (Å²) in [6.07, 6.45) is 1.32. The Bertz CT molecular complexity index is 884. The van der Waals surface area contributed by atoms with Crippen molar-refractivity contribution in [3.8, 4) is 0 Å². The smallest absolute Gasteiger partial charge is 0.374 e. The molecule has 7 heteroatoms. The molecular weight excluding hydrogens is 348 g/mol. The van der Waals surface area contributed by atoms with Gasteiger partial charge in [0.2, 0.25) is 5.76 Å². The Balaban J connectivity index is 1.86. The highest BCUT2D eigenvalue weighted by molar-refractivity contribution is 6.07. The maximum Gasteiger partial charge on any atom is 0.374 e. The highest BCUT2D eigenvalue weighted by atomic mass is 16.5. The maximum atomic E-state index is 13.0. The molecule has 142 valence electrons. The zero-order chi connectivity index (χ0) is 19.8. The van der Waals surface area contributed by atoms with E-state index < -0.39 is 17.5 Å². The molecule has 1 saturated heterocycles. The molecule has 0 radical (unpaired) electrons. The van der Waals surface area contributed by atoms with E-state index in [1.54, 1.807) is 13.0 Å². The van der Waals surface area contributed by atoms with Gasteiger partial charge in [0.25, 0.3) is 5.91 Å². The van der Waals surface area contributed by atoms with Crippen LogP contribution in [0.15, 0.2) is 41.0 Å². The van der Waals surface area contributed by atoms with Crippen molar-refractivity contribution >= 4 is 17.9 Å². The summed E-state index contributed by atoms with van der Waals surface area (Å²) in [5.74, 6) is -0.695. The molecule has 0 spiro atoms. The summed E-state index contributed by atoms with van der Waals surface area (Å²) in [6.45, 7) is 5.77. The summed E-state index contributed by atoms with van der Waals surface area (Å²) >= 11 is 0. The van der Waals surface area contributed by atoms with Crippen molar-refractivity contribution in [1.29, 1.82) is 0 Å². The first kappa shape index (κ1) is 18.7. The molecule has 1 atom stereocenters. The predicted octanol–water partition coefficient (Wildman–Crippen LogP) is 3.16. The number of nitrogens with zero attached hydrogens (tertiary/aromatic N) is 1. The normalized spacial score (nSPS) is 19.5. The molecule has 0 saturated carbocycles. The third-order valence-corrected chi connectivity index (χ3v) is 4.88. The van der Waals surface area contributed by atoms with Crippen LogP contribution in [0.5, 0.6) is 0 Å². The van der Waals surface area contributed by atoms with Gasteiger partial charge in [-0.25, -0.2) is 9.59 Å². The Morgan fingerprint density at radius 1 is 1.22 bits per heavy atom. The molecule has 1 unspecified atom stereocenters. The second-order valence-electron chi connectivity index (χ2n) is 6.99. The van der Waals surface area contributed by atoms with Gasteiger partial charge in [0.1, 0.15) is 5.54 Å². The molecule has 1 aliphatic rings. The number of benzene rings is 1. The lowest BCUT2D eigenvalue weighted by Gasteiger charge is -2.23. The Kier molecular flexibility index (Phi) is 4.78. The molecule has 2 heterocycles. The number of hydrogen-bond acceptors (Lipinski definition) is 5. The molecule has 3 amide bonds. The van der Waals surface area contributed by atoms with Crippen LogP contribution in [-0.4, -0.2) is 29.9 Å². The van der Waals surface area contributed by atoms with Crippen LogP contribution in [0.25, 0.3) is 0 Å². The number of amides is 3. The molecule has 3 rings (SSSR count). The highest BCUT2D eigenvalue weighted by Crippen LogP contribution is 2.31. The first-order valence-electron chi connectivity index (χ1n) is 8.67. The van der Waals surface area contributed by atoms with Gasteiger partial charge in [0.15, 0.2) is 0 Å². The SMILES string of the molecule is COC(=O)c1occc1CN1C(=O)NC(C)(c2ccc(C(C)C)cc2)C1=O. The average molecular weight is 370 g/mol. The van der Waals surface area contributed by atoms with Crippen molar-refractivity contribution in [3.63, 3.8) is 0 Å². The lowest BCUT2D eigenvalue weighted by atomic mass is 9.90. The standard InChI is InChI=1S/C20H22N2O5/c1-12(2)13-5-7-15(8-6-13)20(3)18(24)22(19(25)21-20)11-14-9-10-27-16(14)17(23)26-4/h5-10,12H,11H2,1-4H3,(H,21,25). The average Bonchev–Trinajstić information content (AvgIpc) is 3.20. The number of nitrogens with one attached hydrogen (secondary N) is 1. The minimum absolute atomic E-state index is 0.0204. The van der Waals surface area contributed by atoms with E-state index in [-0.39, 0.29) is 18.2 Å². The second-order valence-corrected chi connectivity index (χ2v) is 6.99. The molecule has 7 nitrogen and oxygen atoms in total. The monoisotopic (exact) mass is 370 g/mol. The summed E-state index contributed by atoms with van der Waals surface area (Å²) in [5.41, 5.74) is 1.09. The summed E-state index contributed by atoms with van der Waals surface area (Å²) < 4.78 is 9.78. The second kappa shape index (κ2) is 6.90. The predicted molar refractivity (Wildman–Crippen MR) is 97.0 cm³/mol. The number of ether oxygens (including phenoxy) is 1. The third-order valence-electron chi connectivity index (χ3n) is 4.88. The fraction of sp³-hybridized carbons (Fsp3) is 0.350. The van der Waals surface area contributed by atoms with Crippen molar-refractivity contribution in [3.05, 3.63) is 59.0 Å². The van der Waals surface area contributed by atoms with Crippen LogP contribution < -0.4 is 5.32 Å². The summed E-state index contributed by atoms with van der Waals surface area (Å²) in [4.78, 5) is 38.3. The fourth-order valence-electron chi connectivity index (χ4n) is 3.14. The number of hydrogen-bond donors (Lipinski definition) is 1. The van der Waals surface area contributed by atoms with Crippen molar-refractivity contribution < 1.29 is 23.5 Å². The minimum Gasteiger partial charge on any atom is -0.463 e. The van der Waals surface area contributed by atoms with E-state index in [2.05, 4.69) is 23.9 Å². The van der Waals surface area contributed by atoms with E-state index in [1.165, 1.54) is 13.4 Å². The first-order chi connectivity index (χ1) is 12.8. The molecule has 2 aromatic rings. The van der Waals surface area contributed by atoms with E-state index in [9.17, 15) is 14.4 Å². The van der Waals surface area contributed by atoms with Gasteiger partial charge in [0.05, 0.1) is 19.9 Å². The largest absolute Gasteiger partial charge is 0.463 e. The van der Waals surface area contributed by atoms with E-state index in [4.69, 9.17) is 4.42 Å². The molecule has 0 bridgehead atoms. The Morgan fingerprint density at radius 3 is 2.48 bits per heavy atom. The highest BCUT2D eigenvalue weighted by Gasteiger charge is 2.49. The van der Waals surface area contributed by atoms with Crippen LogP contribution in [-0.2, 0) is 21.6 Å². The summed E-state index contributed by atoms with van der Waals surface area (Å²) in [7, 11) is 1.24. The number of carbonyl (C=O) groups excluding carboxylic acids is 3. The van der Waals surface area contributed by atoms with E-state index in [0.717, 1.165) is 10.5 Å². The van der Waals surface area contributed by atoms with Crippen molar-refractivity contribution in [2.75, 3.05) is 7.11 Å². The number of methoxy groups -OCH3 is 1. The summed E-state index contributed by atoms with van der Waals surface area (Å²) in [5, 5.41) is 2.76. The molecule has 1 aliphatic heterocycles. The number of carbonyl (C=O) groups is 3. The van der Waals surface area contributed by atoms with Gasteiger partial charge in [0, 0.05) is 5.56 Å². The van der Waals surface area contributed by atoms with Crippen LogP contribution in [0, 0.1) is 0 Å². The Hall–Kier alpha value is -3.09. The van der Waals surface area contributed by atoms with Gasteiger partial charge in [-0.05, 0) is 30.0 Å². The van der Waals surface area contributed by atoms with Crippen LogP contribution in [0.4, 0.5) is 4.79 Å². The van der Waals surface area contributed by atoms with E-state index >= 15 is 0 Å². The van der Waals surface area contributed by atoms with E-state index in [0.29, 0.717) is 17.0 Å². The molecule has 0 aliphatic carbocycles. The number of esters is 1. The zero-order valence-corrected chi connectivity index (χ0v) is 15.7. The van der Waals surface area contributed by atoms with Crippen LogP contribution >= 0.6 is 0 Å². The van der Waals surface area contributed by atoms with Crippen molar-refractivity contribution in [1.82, 2.24) is 10.2 Å². The molecule has 1 aromatic heterocycles. The van der Waals surface area contributed by atoms with Crippen molar-refractivity contribution in [2.45, 2.75) is 38.8 Å². The minimum atomic E-state index is -1.16. The summed E-state index contributed by atoms with van der Waals surface area (Å²) in [6, 6.07) is 8.65. The van der Waals surface area contributed by atoms with Gasteiger partial charge in [-0.3, -0.25) is 9.69 Å².